The highest BCUT2D eigenvalue weighted by atomic mass is 79.9. The first-order chi connectivity index (χ1) is 7.33. The van der Waals surface area contributed by atoms with Crippen molar-refractivity contribution in [2.75, 3.05) is 11.1 Å². The normalized spacial score (nSPS) is 9.67. The molecule has 0 aliphatic rings. The van der Waals surface area contributed by atoms with E-state index in [4.69, 9.17) is 5.73 Å². The summed E-state index contributed by atoms with van der Waals surface area (Å²) in [5.41, 5.74) is 7.72. The molecule has 0 spiro atoms. The van der Waals surface area contributed by atoms with Gasteiger partial charge in [-0.1, -0.05) is 52.0 Å². The summed E-state index contributed by atoms with van der Waals surface area (Å²) in [4.78, 5) is 0. The molecule has 2 N–H and O–H groups in total. The summed E-state index contributed by atoms with van der Waals surface area (Å²) in [6.45, 7) is 0. The highest BCUT2D eigenvalue weighted by Gasteiger charge is 1.99. The van der Waals surface area contributed by atoms with Crippen LogP contribution < -0.4 is 5.73 Å². The Morgan fingerprint density at radius 2 is 1.80 bits per heavy atom. The summed E-state index contributed by atoms with van der Waals surface area (Å²) in [6, 6.07) is 11.9. The van der Waals surface area contributed by atoms with Crippen LogP contribution in [0.25, 0.3) is 10.8 Å². The molecule has 0 radical (unpaired) electrons. The second-order valence-corrected chi connectivity index (χ2v) is 3.74. The van der Waals surface area contributed by atoms with Crippen LogP contribution >= 0.6 is 15.9 Å². The minimum Gasteiger partial charge on any atom is -0.398 e. The van der Waals surface area contributed by atoms with E-state index < -0.39 is 0 Å². The first kappa shape index (κ1) is 10.1. The number of halogens is 1. The van der Waals surface area contributed by atoms with Crippen molar-refractivity contribution in [1.82, 2.24) is 0 Å². The van der Waals surface area contributed by atoms with Gasteiger partial charge in [0.05, 0.1) is 5.33 Å². The molecule has 74 valence electrons. The Balaban J connectivity index is 2.71. The Morgan fingerprint density at radius 3 is 2.60 bits per heavy atom. The molecule has 0 aromatic heterocycles. The van der Waals surface area contributed by atoms with E-state index in [1.54, 1.807) is 0 Å². The van der Waals surface area contributed by atoms with Gasteiger partial charge in [-0.25, -0.2) is 0 Å². The van der Waals surface area contributed by atoms with Crippen LogP contribution in [-0.4, -0.2) is 5.33 Å². The number of hydrogen-bond acceptors (Lipinski definition) is 1. The number of rotatable bonds is 0. The largest absolute Gasteiger partial charge is 0.398 e. The lowest BCUT2D eigenvalue weighted by Gasteiger charge is -2.03. The van der Waals surface area contributed by atoms with Crippen LogP contribution in [0.5, 0.6) is 0 Å². The second kappa shape index (κ2) is 4.37. The minimum atomic E-state index is 0.686. The Labute approximate surface area is 97.4 Å². The van der Waals surface area contributed by atoms with Crippen LogP contribution in [0.15, 0.2) is 36.4 Å². The van der Waals surface area contributed by atoms with Gasteiger partial charge >= 0.3 is 0 Å². The predicted molar refractivity (Wildman–Crippen MR) is 69.0 cm³/mol. The van der Waals surface area contributed by atoms with Crippen molar-refractivity contribution in [3.8, 4) is 11.8 Å². The first-order valence-corrected chi connectivity index (χ1v) is 5.77. The summed E-state index contributed by atoms with van der Waals surface area (Å²) in [7, 11) is 0. The topological polar surface area (TPSA) is 26.0 Å². The van der Waals surface area contributed by atoms with Gasteiger partial charge < -0.3 is 5.73 Å². The third-order valence-corrected chi connectivity index (χ3v) is 2.53. The van der Waals surface area contributed by atoms with E-state index in [0.29, 0.717) is 5.33 Å². The molecule has 2 heteroatoms. The monoisotopic (exact) mass is 259 g/mol. The highest BCUT2D eigenvalue weighted by molar-refractivity contribution is 9.09. The van der Waals surface area contributed by atoms with Gasteiger partial charge in [0.25, 0.3) is 0 Å². The molecule has 0 unspecified atom stereocenters. The lowest BCUT2D eigenvalue weighted by Crippen LogP contribution is -1.87. The maximum absolute atomic E-state index is 5.90. The summed E-state index contributed by atoms with van der Waals surface area (Å²) < 4.78 is 0. The molecule has 0 amide bonds. The van der Waals surface area contributed by atoms with Crippen molar-refractivity contribution in [2.24, 2.45) is 0 Å². The van der Waals surface area contributed by atoms with Gasteiger partial charge in [0.2, 0.25) is 0 Å². The lowest BCUT2D eigenvalue weighted by molar-refractivity contribution is 1.69. The van der Waals surface area contributed by atoms with Crippen LogP contribution in [0.2, 0.25) is 0 Å². The molecule has 2 aromatic carbocycles. The van der Waals surface area contributed by atoms with Crippen LogP contribution in [0.4, 0.5) is 5.69 Å². The molecule has 0 atom stereocenters. The number of nitrogen functional groups attached to an aromatic ring is 1. The molecule has 0 bridgehead atoms. The van der Waals surface area contributed by atoms with Crippen molar-refractivity contribution in [3.05, 3.63) is 42.0 Å². The van der Waals surface area contributed by atoms with Crippen LogP contribution in [-0.2, 0) is 0 Å². The van der Waals surface area contributed by atoms with Gasteiger partial charge in [0.15, 0.2) is 0 Å². The number of benzene rings is 2. The zero-order chi connectivity index (χ0) is 10.7. The van der Waals surface area contributed by atoms with Gasteiger partial charge in [-0.2, -0.15) is 0 Å². The number of alkyl halides is 1. The molecule has 2 aromatic rings. The van der Waals surface area contributed by atoms with E-state index in [1.807, 2.05) is 36.4 Å². The van der Waals surface area contributed by atoms with Crippen molar-refractivity contribution in [2.45, 2.75) is 0 Å². The highest BCUT2D eigenvalue weighted by Crippen LogP contribution is 2.23. The van der Waals surface area contributed by atoms with Crippen LogP contribution in [0.1, 0.15) is 5.56 Å². The van der Waals surface area contributed by atoms with Crippen LogP contribution in [0.3, 0.4) is 0 Å². The Bertz CT molecular complexity index is 549. The number of nitrogens with two attached hydrogens (primary N) is 1. The van der Waals surface area contributed by atoms with E-state index in [2.05, 4.69) is 27.8 Å². The van der Waals surface area contributed by atoms with E-state index in [0.717, 1.165) is 22.0 Å². The molecule has 0 saturated heterocycles. The molecular weight excluding hydrogens is 250 g/mol. The van der Waals surface area contributed by atoms with Crippen molar-refractivity contribution in [3.63, 3.8) is 0 Å². The Morgan fingerprint density at radius 1 is 1.07 bits per heavy atom. The summed E-state index contributed by atoms with van der Waals surface area (Å²) in [5, 5.41) is 2.87. The molecular formula is C13H10BrN. The SMILES string of the molecule is Nc1cccc2c(C#CCBr)cccc12. The van der Waals surface area contributed by atoms with E-state index in [1.165, 1.54) is 0 Å². The molecule has 0 aliphatic carbocycles. The Kier molecular flexibility index (Phi) is 2.94. The number of anilines is 1. The molecule has 2 rings (SSSR count). The quantitative estimate of drug-likeness (QED) is 0.439. The molecule has 0 heterocycles. The molecule has 0 fully saturated rings. The zero-order valence-electron chi connectivity index (χ0n) is 8.13. The average molecular weight is 260 g/mol. The van der Waals surface area contributed by atoms with E-state index >= 15 is 0 Å². The molecule has 0 saturated carbocycles. The predicted octanol–water partition coefficient (Wildman–Crippen LogP) is 3.17. The smallest absolute Gasteiger partial charge is 0.0649 e. The van der Waals surface area contributed by atoms with Gasteiger partial charge in [-0.15, -0.1) is 0 Å². The van der Waals surface area contributed by atoms with E-state index in [9.17, 15) is 0 Å². The van der Waals surface area contributed by atoms with Gasteiger partial charge in [0.1, 0.15) is 0 Å². The van der Waals surface area contributed by atoms with Gasteiger partial charge in [-0.05, 0) is 17.5 Å². The second-order valence-electron chi connectivity index (χ2n) is 3.18. The first-order valence-electron chi connectivity index (χ1n) is 4.65. The van der Waals surface area contributed by atoms with Gasteiger partial charge in [-0.3, -0.25) is 0 Å². The fourth-order valence-corrected chi connectivity index (χ4v) is 1.71. The van der Waals surface area contributed by atoms with Crippen molar-refractivity contribution in [1.29, 1.82) is 0 Å². The van der Waals surface area contributed by atoms with Crippen molar-refractivity contribution < 1.29 is 0 Å². The summed E-state index contributed by atoms with van der Waals surface area (Å²) >= 11 is 3.29. The Hall–Kier alpha value is -1.46. The summed E-state index contributed by atoms with van der Waals surface area (Å²) in [6.07, 6.45) is 0. The maximum Gasteiger partial charge on any atom is 0.0649 e. The van der Waals surface area contributed by atoms with Gasteiger partial charge in [0, 0.05) is 16.6 Å². The summed E-state index contributed by atoms with van der Waals surface area (Å²) in [5.74, 6) is 6.11. The molecule has 15 heavy (non-hydrogen) atoms. The fraction of sp³-hybridized carbons (Fsp3) is 0.0769. The minimum absolute atomic E-state index is 0.686. The molecule has 0 aliphatic heterocycles. The fourth-order valence-electron chi connectivity index (χ4n) is 1.57. The third kappa shape index (κ3) is 1.98. The van der Waals surface area contributed by atoms with E-state index in [-0.39, 0.29) is 0 Å². The number of fused-ring (bicyclic) bond motifs is 1. The standard InChI is InChI=1S/C13H10BrN/c14-9-3-5-10-4-1-7-12-11(10)6-2-8-13(12)15/h1-2,4,6-8H,9,15H2. The zero-order valence-corrected chi connectivity index (χ0v) is 9.71. The lowest BCUT2D eigenvalue weighted by atomic mass is 10.0. The van der Waals surface area contributed by atoms with Crippen LogP contribution in [0, 0.1) is 11.8 Å². The van der Waals surface area contributed by atoms with Crippen molar-refractivity contribution >= 4 is 32.4 Å². The number of hydrogen-bond donors (Lipinski definition) is 1. The average Bonchev–Trinajstić information content (AvgIpc) is 2.27. The third-order valence-electron chi connectivity index (χ3n) is 2.25. The maximum atomic E-state index is 5.90. The molecule has 1 nitrogen and oxygen atoms in total.